The summed E-state index contributed by atoms with van der Waals surface area (Å²) in [6, 6.07) is 22.2. The predicted molar refractivity (Wildman–Crippen MR) is 95.0 cm³/mol. The summed E-state index contributed by atoms with van der Waals surface area (Å²) in [6.07, 6.45) is 4.71. The summed E-state index contributed by atoms with van der Waals surface area (Å²) in [5, 5.41) is 9.37. The van der Waals surface area contributed by atoms with Gasteiger partial charge in [0.1, 0.15) is 0 Å². The number of hydrogen-bond donors (Lipinski definition) is 1. The Hall–Kier alpha value is -1.64. The van der Waals surface area contributed by atoms with Crippen LogP contribution in [0.15, 0.2) is 60.7 Å². The molecule has 2 aromatic rings. The lowest BCUT2D eigenvalue weighted by molar-refractivity contribution is 0.0997. The molecule has 0 heterocycles. The summed E-state index contributed by atoms with van der Waals surface area (Å²) in [5.74, 6) is 0.515. The Morgan fingerprint density at radius 1 is 0.739 bits per heavy atom. The van der Waals surface area contributed by atoms with Gasteiger partial charge in [-0.25, -0.2) is 0 Å². The van der Waals surface area contributed by atoms with E-state index in [9.17, 15) is 5.11 Å². The van der Waals surface area contributed by atoms with Crippen molar-refractivity contribution < 1.29 is 5.11 Å². The lowest BCUT2D eigenvalue weighted by Gasteiger charge is -2.36. The highest BCUT2D eigenvalue weighted by Crippen LogP contribution is 2.29. The molecule has 1 saturated carbocycles. The zero-order valence-corrected chi connectivity index (χ0v) is 13.8. The second kappa shape index (κ2) is 8.28. The van der Waals surface area contributed by atoms with Crippen LogP contribution in [0, 0.1) is 5.92 Å². The van der Waals surface area contributed by atoms with Crippen LogP contribution in [0.4, 0.5) is 0 Å². The Morgan fingerprint density at radius 2 is 1.22 bits per heavy atom. The molecule has 0 radical (unpaired) electrons. The highest BCUT2D eigenvalue weighted by atomic mass is 16.3. The topological polar surface area (TPSA) is 23.5 Å². The van der Waals surface area contributed by atoms with Gasteiger partial charge in [-0.15, -0.1) is 0 Å². The number of nitrogens with zero attached hydrogens (tertiary/aromatic N) is 1. The second-order valence-electron chi connectivity index (χ2n) is 6.73. The van der Waals surface area contributed by atoms with Crippen LogP contribution in [0.25, 0.3) is 0 Å². The zero-order chi connectivity index (χ0) is 15.9. The second-order valence-corrected chi connectivity index (χ2v) is 6.73. The van der Waals surface area contributed by atoms with Crippen molar-refractivity contribution in [2.75, 3.05) is 6.61 Å². The summed E-state index contributed by atoms with van der Waals surface area (Å²) in [7, 11) is 0. The van der Waals surface area contributed by atoms with E-state index < -0.39 is 0 Å². The molecule has 23 heavy (non-hydrogen) atoms. The lowest BCUT2D eigenvalue weighted by atomic mass is 9.85. The number of hydrogen-bond acceptors (Lipinski definition) is 2. The minimum atomic E-state index is 0.351. The van der Waals surface area contributed by atoms with Gasteiger partial charge in [-0.2, -0.15) is 0 Å². The van der Waals surface area contributed by atoms with E-state index in [2.05, 4.69) is 65.6 Å². The average Bonchev–Trinajstić information content (AvgIpc) is 2.63. The summed E-state index contributed by atoms with van der Waals surface area (Å²) in [4.78, 5) is 2.62. The standard InChI is InChI=1S/C21H27NO/c23-17-20-11-13-21(14-12-20)22(15-18-7-3-1-4-8-18)16-19-9-5-2-6-10-19/h1-10,20-21,23H,11-17H2/t20-,21+. The number of benzene rings is 2. The minimum absolute atomic E-state index is 0.351. The van der Waals surface area contributed by atoms with Crippen molar-refractivity contribution in [2.45, 2.75) is 44.8 Å². The fourth-order valence-electron chi connectivity index (χ4n) is 3.64. The third kappa shape index (κ3) is 4.66. The van der Waals surface area contributed by atoms with E-state index in [0.717, 1.165) is 25.9 Å². The van der Waals surface area contributed by atoms with Crippen LogP contribution in [0.2, 0.25) is 0 Å². The van der Waals surface area contributed by atoms with Crippen molar-refractivity contribution in [2.24, 2.45) is 5.92 Å². The maximum Gasteiger partial charge on any atom is 0.0459 e. The molecule has 1 N–H and O–H groups in total. The molecule has 0 amide bonds. The summed E-state index contributed by atoms with van der Waals surface area (Å²) >= 11 is 0. The first-order valence-corrected chi connectivity index (χ1v) is 8.78. The van der Waals surface area contributed by atoms with Crippen molar-refractivity contribution in [3.8, 4) is 0 Å². The van der Waals surface area contributed by atoms with Gasteiger partial charge in [0.15, 0.2) is 0 Å². The summed E-state index contributed by atoms with van der Waals surface area (Å²) in [5.41, 5.74) is 2.76. The van der Waals surface area contributed by atoms with Gasteiger partial charge in [-0.3, -0.25) is 4.90 Å². The smallest absolute Gasteiger partial charge is 0.0459 e. The van der Waals surface area contributed by atoms with E-state index >= 15 is 0 Å². The molecule has 2 nitrogen and oxygen atoms in total. The number of aliphatic hydroxyl groups is 1. The molecule has 2 aromatic carbocycles. The molecule has 122 valence electrons. The Labute approximate surface area is 139 Å². The van der Waals surface area contributed by atoms with E-state index in [1.165, 1.54) is 24.0 Å². The Kier molecular flexibility index (Phi) is 5.84. The van der Waals surface area contributed by atoms with Gasteiger partial charge in [0.05, 0.1) is 0 Å². The molecule has 1 aliphatic carbocycles. The molecule has 0 saturated heterocycles. The SMILES string of the molecule is OC[C@H]1CC[C@@H](N(Cc2ccccc2)Cc2ccccc2)CC1. The highest BCUT2D eigenvalue weighted by molar-refractivity contribution is 5.17. The van der Waals surface area contributed by atoms with Crippen molar-refractivity contribution in [1.82, 2.24) is 4.90 Å². The van der Waals surface area contributed by atoms with Crippen molar-refractivity contribution in [1.29, 1.82) is 0 Å². The molecule has 0 aliphatic heterocycles. The molecule has 1 aliphatic rings. The van der Waals surface area contributed by atoms with Gasteiger partial charge in [0, 0.05) is 25.7 Å². The van der Waals surface area contributed by atoms with E-state index in [0.29, 0.717) is 18.6 Å². The highest BCUT2D eigenvalue weighted by Gasteiger charge is 2.25. The van der Waals surface area contributed by atoms with Crippen LogP contribution >= 0.6 is 0 Å². The third-order valence-electron chi connectivity index (χ3n) is 5.05. The fraction of sp³-hybridized carbons (Fsp3) is 0.429. The quantitative estimate of drug-likeness (QED) is 0.862. The fourth-order valence-corrected chi connectivity index (χ4v) is 3.64. The maximum absolute atomic E-state index is 9.37. The van der Waals surface area contributed by atoms with Crippen LogP contribution in [-0.4, -0.2) is 22.7 Å². The lowest BCUT2D eigenvalue weighted by Crippen LogP contribution is -2.37. The van der Waals surface area contributed by atoms with Gasteiger partial charge in [-0.05, 0) is 42.7 Å². The Bertz CT molecular complexity index is 519. The zero-order valence-electron chi connectivity index (χ0n) is 13.8. The average molecular weight is 309 g/mol. The minimum Gasteiger partial charge on any atom is -0.396 e. The summed E-state index contributed by atoms with van der Waals surface area (Å²) in [6.45, 7) is 2.36. The third-order valence-corrected chi connectivity index (χ3v) is 5.05. The van der Waals surface area contributed by atoms with Crippen LogP contribution in [-0.2, 0) is 13.1 Å². The van der Waals surface area contributed by atoms with Gasteiger partial charge in [0.25, 0.3) is 0 Å². The predicted octanol–water partition coefficient (Wildman–Crippen LogP) is 4.24. The maximum atomic E-state index is 9.37. The molecule has 0 bridgehead atoms. The first kappa shape index (κ1) is 16.2. The number of aliphatic hydroxyl groups excluding tert-OH is 1. The molecule has 0 spiro atoms. The molecule has 0 atom stereocenters. The first-order valence-electron chi connectivity index (χ1n) is 8.78. The largest absolute Gasteiger partial charge is 0.396 e. The Balaban J connectivity index is 1.70. The van der Waals surface area contributed by atoms with Crippen LogP contribution in [0.1, 0.15) is 36.8 Å². The van der Waals surface area contributed by atoms with Crippen molar-refractivity contribution >= 4 is 0 Å². The van der Waals surface area contributed by atoms with E-state index in [1.54, 1.807) is 0 Å². The molecule has 0 aromatic heterocycles. The normalized spacial score (nSPS) is 21.5. The monoisotopic (exact) mass is 309 g/mol. The molecular formula is C21H27NO. The van der Waals surface area contributed by atoms with Crippen molar-refractivity contribution in [3.05, 3.63) is 71.8 Å². The van der Waals surface area contributed by atoms with Gasteiger partial charge >= 0.3 is 0 Å². The Morgan fingerprint density at radius 3 is 1.65 bits per heavy atom. The first-order chi connectivity index (χ1) is 11.3. The molecule has 3 rings (SSSR count). The molecule has 2 heteroatoms. The molecule has 0 unspecified atom stereocenters. The molecule has 1 fully saturated rings. The van der Waals surface area contributed by atoms with E-state index in [1.807, 2.05) is 0 Å². The van der Waals surface area contributed by atoms with Crippen molar-refractivity contribution in [3.63, 3.8) is 0 Å². The van der Waals surface area contributed by atoms with Gasteiger partial charge in [-0.1, -0.05) is 60.7 Å². The van der Waals surface area contributed by atoms with Crippen LogP contribution in [0.3, 0.4) is 0 Å². The van der Waals surface area contributed by atoms with E-state index in [4.69, 9.17) is 0 Å². The van der Waals surface area contributed by atoms with Crippen LogP contribution < -0.4 is 0 Å². The number of rotatable bonds is 6. The molecular weight excluding hydrogens is 282 g/mol. The summed E-state index contributed by atoms with van der Waals surface area (Å²) < 4.78 is 0. The van der Waals surface area contributed by atoms with Gasteiger partial charge in [0.2, 0.25) is 0 Å². The van der Waals surface area contributed by atoms with Gasteiger partial charge < -0.3 is 5.11 Å². The van der Waals surface area contributed by atoms with E-state index in [-0.39, 0.29) is 0 Å². The van der Waals surface area contributed by atoms with Crippen LogP contribution in [0.5, 0.6) is 0 Å².